The number of carbonyl (C=O) groups excluding carboxylic acids is 1. The topological polar surface area (TPSA) is 137 Å². The minimum atomic E-state index is -3.33. The fourth-order valence-electron chi connectivity index (χ4n) is 5.33. The Morgan fingerprint density at radius 3 is 2.74 bits per heavy atom. The van der Waals surface area contributed by atoms with Crippen LogP contribution in [0, 0.1) is 11.6 Å². The van der Waals surface area contributed by atoms with E-state index in [0.717, 1.165) is 25.2 Å². The number of hydrogen-bond donors (Lipinski definition) is 3. The number of ether oxygens (including phenoxy) is 1. The molecule has 17 heteroatoms. The van der Waals surface area contributed by atoms with Gasteiger partial charge in [-0.1, -0.05) is 17.7 Å². The van der Waals surface area contributed by atoms with Gasteiger partial charge >= 0.3 is 11.9 Å². The van der Waals surface area contributed by atoms with E-state index in [2.05, 4.69) is 15.3 Å². The van der Waals surface area contributed by atoms with Crippen molar-refractivity contribution in [2.45, 2.75) is 43.0 Å². The van der Waals surface area contributed by atoms with Crippen LogP contribution in [-0.2, 0) is 19.2 Å². The average molecular weight is 648 g/mol. The Morgan fingerprint density at radius 1 is 1.35 bits per heavy atom. The van der Waals surface area contributed by atoms with Crippen LogP contribution in [0.2, 0.25) is 5.02 Å². The summed E-state index contributed by atoms with van der Waals surface area (Å²) < 4.78 is 64.3. The molecule has 2 fully saturated rings. The number of carbonyl (C=O) groups is 2. The largest absolute Gasteiger partial charge is 0.479 e. The van der Waals surface area contributed by atoms with Gasteiger partial charge < -0.3 is 20.3 Å². The van der Waals surface area contributed by atoms with Crippen molar-refractivity contribution in [3.05, 3.63) is 62.2 Å². The summed E-state index contributed by atoms with van der Waals surface area (Å²) in [6.07, 6.45) is 1.13. The summed E-state index contributed by atoms with van der Waals surface area (Å²) >= 11 is 7.35. The number of alkyl halides is 2. The average Bonchev–Trinajstić information content (AvgIpc) is 3.69. The van der Waals surface area contributed by atoms with Crippen molar-refractivity contribution >= 4 is 40.7 Å². The third-order valence-corrected chi connectivity index (χ3v) is 8.73. The number of aliphatic hydroxyl groups is 1. The lowest BCUT2D eigenvalue weighted by molar-refractivity contribution is -0.190. The van der Waals surface area contributed by atoms with Crippen LogP contribution >= 0.6 is 22.9 Å². The highest BCUT2D eigenvalue weighted by atomic mass is 35.5. The van der Waals surface area contributed by atoms with Crippen LogP contribution in [-0.4, -0.2) is 99.9 Å². The number of benzene rings is 1. The molecule has 0 aliphatic carbocycles. The molecule has 0 saturated carbocycles. The summed E-state index contributed by atoms with van der Waals surface area (Å²) in [4.78, 5) is 40.1. The number of amidine groups is 1. The zero-order valence-corrected chi connectivity index (χ0v) is 24.3. The number of carboxylic acid groups (broad SMARTS) is 1. The van der Waals surface area contributed by atoms with Gasteiger partial charge in [0.1, 0.15) is 12.1 Å². The second kappa shape index (κ2) is 11.7. The number of nitrogens with zero attached hydrogens (tertiary/aromatic N) is 4. The molecule has 5 rings (SSSR count). The Balaban J connectivity index is 1.51. The number of esters is 1. The first kappa shape index (κ1) is 31.3. The number of hydrogen-bond acceptors (Lipinski definition) is 11. The van der Waals surface area contributed by atoms with Gasteiger partial charge in [-0.2, -0.15) is 5.06 Å². The van der Waals surface area contributed by atoms with Crippen molar-refractivity contribution in [2.75, 3.05) is 33.4 Å². The standard InChI is InChI=1S/C26H26ClF4N5O6S/c1-25(40,24(38)39)5-7-36-20-15(10-42-36)35(11-26(20,30)31)9-14-16(23(37)41-2)19(12-3-4-13(28)18(29)17(12)27)34-21(33-14)22-32-6-8-43-22/h3-4,6,8,15,19-20,40H,5,7,9-11H2,1-2H3,(H,33,34)(H,38,39)/t15-,19+,20+,25+/m1/s1. The number of carboxylic acids is 1. The van der Waals surface area contributed by atoms with Crippen LogP contribution in [0.25, 0.3) is 0 Å². The molecule has 0 unspecified atom stereocenters. The summed E-state index contributed by atoms with van der Waals surface area (Å²) in [7, 11) is 1.10. The smallest absolute Gasteiger partial charge is 0.338 e. The molecule has 3 aliphatic rings. The number of hydroxylamine groups is 2. The molecule has 0 amide bonds. The van der Waals surface area contributed by atoms with Crippen LogP contribution in [0.1, 0.15) is 30.0 Å². The van der Waals surface area contributed by atoms with Crippen LogP contribution in [0.15, 0.2) is 40.0 Å². The Hall–Kier alpha value is -3.15. The van der Waals surface area contributed by atoms with Crippen molar-refractivity contribution < 1.29 is 46.9 Å². The van der Waals surface area contributed by atoms with Gasteiger partial charge in [-0.3, -0.25) is 14.7 Å². The highest BCUT2D eigenvalue weighted by molar-refractivity contribution is 7.11. The van der Waals surface area contributed by atoms with Gasteiger partial charge in [-0.05, 0) is 13.0 Å². The van der Waals surface area contributed by atoms with E-state index >= 15 is 8.78 Å². The molecule has 0 radical (unpaired) electrons. The maximum atomic E-state index is 15.4. The lowest BCUT2D eigenvalue weighted by Gasteiger charge is -2.30. The predicted molar refractivity (Wildman–Crippen MR) is 145 cm³/mol. The Labute approximate surface area is 251 Å². The first-order valence-electron chi connectivity index (χ1n) is 12.9. The number of aromatic nitrogens is 1. The molecule has 0 spiro atoms. The number of nitrogens with one attached hydrogen (secondary N) is 1. The fraction of sp³-hybridized carbons (Fsp3) is 0.462. The number of halogens is 5. The van der Waals surface area contributed by atoms with E-state index in [1.807, 2.05) is 0 Å². The molecule has 2 saturated heterocycles. The molecular formula is C26H26ClF4N5O6S. The summed E-state index contributed by atoms with van der Waals surface area (Å²) in [5.74, 6) is -8.14. The zero-order chi connectivity index (χ0) is 31.3. The molecule has 4 atom stereocenters. The van der Waals surface area contributed by atoms with Gasteiger partial charge in [-0.15, -0.1) is 11.3 Å². The van der Waals surface area contributed by atoms with E-state index < -0.39 is 64.8 Å². The van der Waals surface area contributed by atoms with Crippen molar-refractivity contribution in [3.63, 3.8) is 0 Å². The van der Waals surface area contributed by atoms with Gasteiger partial charge in [0, 0.05) is 42.3 Å². The maximum Gasteiger partial charge on any atom is 0.338 e. The number of methoxy groups -OCH3 is 1. The van der Waals surface area contributed by atoms with Gasteiger partial charge in [0.2, 0.25) is 0 Å². The second-order valence-electron chi connectivity index (χ2n) is 10.4. The number of fused-ring (bicyclic) bond motifs is 1. The summed E-state index contributed by atoms with van der Waals surface area (Å²) in [6.45, 7) is -0.419. The van der Waals surface area contributed by atoms with Crippen molar-refractivity contribution in [1.82, 2.24) is 20.3 Å². The first-order chi connectivity index (χ1) is 20.2. The molecule has 2 aromatic rings. The van der Waals surface area contributed by atoms with Crippen LogP contribution < -0.4 is 5.32 Å². The van der Waals surface area contributed by atoms with Gasteiger partial charge in [0.15, 0.2) is 28.1 Å². The van der Waals surface area contributed by atoms with E-state index in [-0.39, 0.29) is 48.8 Å². The van der Waals surface area contributed by atoms with Crippen LogP contribution in [0.5, 0.6) is 0 Å². The first-order valence-corrected chi connectivity index (χ1v) is 14.2. The molecule has 43 heavy (non-hydrogen) atoms. The van der Waals surface area contributed by atoms with Crippen LogP contribution in [0.4, 0.5) is 17.6 Å². The van der Waals surface area contributed by atoms with Gasteiger partial charge in [0.05, 0.1) is 36.9 Å². The molecule has 3 N–H and O–H groups in total. The minimum absolute atomic E-state index is 0.0560. The van der Waals surface area contributed by atoms with Crippen molar-refractivity contribution in [1.29, 1.82) is 0 Å². The van der Waals surface area contributed by atoms with E-state index in [4.69, 9.17) is 21.2 Å². The van der Waals surface area contributed by atoms with E-state index in [1.54, 1.807) is 5.38 Å². The number of aliphatic imine (C=N–C) groups is 1. The monoisotopic (exact) mass is 647 g/mol. The lowest BCUT2D eigenvalue weighted by atomic mass is 9.95. The van der Waals surface area contributed by atoms with E-state index in [1.165, 1.54) is 28.5 Å². The molecule has 232 valence electrons. The second-order valence-corrected chi connectivity index (χ2v) is 11.7. The number of likely N-dealkylation sites (tertiary alicyclic amines) is 1. The third-order valence-electron chi connectivity index (χ3n) is 7.57. The summed E-state index contributed by atoms with van der Waals surface area (Å²) in [5.41, 5.74) is -2.26. The van der Waals surface area contributed by atoms with E-state index in [0.29, 0.717) is 5.01 Å². The Bertz CT molecular complexity index is 1490. The van der Waals surface area contributed by atoms with E-state index in [9.17, 15) is 28.6 Å². The fourth-order valence-corrected chi connectivity index (χ4v) is 6.17. The number of rotatable bonds is 9. The molecule has 3 aliphatic heterocycles. The number of thiazole rings is 1. The Morgan fingerprint density at radius 2 is 2.09 bits per heavy atom. The molecule has 1 aromatic heterocycles. The molecular weight excluding hydrogens is 622 g/mol. The lowest BCUT2D eigenvalue weighted by Crippen LogP contribution is -2.47. The molecule has 11 nitrogen and oxygen atoms in total. The van der Waals surface area contributed by atoms with Crippen molar-refractivity contribution in [2.24, 2.45) is 4.99 Å². The predicted octanol–water partition coefficient (Wildman–Crippen LogP) is 2.75. The molecule has 0 bridgehead atoms. The Kier molecular flexibility index (Phi) is 8.54. The SMILES string of the molecule is COC(=O)C1=C(CN2CC(F)(F)[C@@H]3[C@H]2CON3CC[C@](C)(O)C(=O)O)NC(c2nccs2)=N[C@H]1c1ccc(F)c(F)c1Cl. The highest BCUT2D eigenvalue weighted by Gasteiger charge is 2.61. The highest BCUT2D eigenvalue weighted by Crippen LogP contribution is 2.42. The summed E-state index contributed by atoms with van der Waals surface area (Å²) in [6, 6.07) is -1.67. The summed E-state index contributed by atoms with van der Waals surface area (Å²) in [5, 5.41) is 24.6. The normalized spacial score (nSPS) is 25.2. The zero-order valence-electron chi connectivity index (χ0n) is 22.7. The quantitative estimate of drug-likeness (QED) is 0.212. The molecule has 1 aromatic carbocycles. The van der Waals surface area contributed by atoms with Crippen molar-refractivity contribution in [3.8, 4) is 0 Å². The van der Waals surface area contributed by atoms with Gasteiger partial charge in [0.25, 0.3) is 5.92 Å². The molecule has 4 heterocycles. The third kappa shape index (κ3) is 5.86. The minimum Gasteiger partial charge on any atom is -0.479 e. The number of aliphatic carboxylic acids is 1. The maximum absolute atomic E-state index is 15.4. The van der Waals surface area contributed by atoms with Crippen LogP contribution in [0.3, 0.4) is 0 Å². The van der Waals surface area contributed by atoms with Gasteiger partial charge in [-0.25, -0.2) is 32.1 Å².